The maximum atomic E-state index is 12.3. The first kappa shape index (κ1) is 18.6. The molecule has 5 atom stereocenters. The molecule has 1 aromatic heterocycles. The third-order valence-electron chi connectivity index (χ3n) is 4.50. The molecule has 142 valence electrons. The number of aliphatic hydroxyl groups is 4. The van der Waals surface area contributed by atoms with Crippen LogP contribution >= 0.6 is 0 Å². The SMILES string of the molecule is COc1cc(O)c2c(=O)cc(C)oc2c1C1OC(CO)C(O)C(O)C1O. The molecule has 9 heteroatoms. The predicted molar refractivity (Wildman–Crippen MR) is 88.2 cm³/mol. The van der Waals surface area contributed by atoms with Gasteiger partial charge in [0.2, 0.25) is 0 Å². The summed E-state index contributed by atoms with van der Waals surface area (Å²) in [5.41, 5.74) is -0.496. The lowest BCUT2D eigenvalue weighted by molar-refractivity contribution is -0.231. The first-order chi connectivity index (χ1) is 12.3. The Hall–Kier alpha value is -2.17. The first-order valence-electron chi connectivity index (χ1n) is 7.95. The van der Waals surface area contributed by atoms with Crippen LogP contribution in [0.1, 0.15) is 17.4 Å². The summed E-state index contributed by atoms with van der Waals surface area (Å²) in [5, 5.41) is 49.8. The van der Waals surface area contributed by atoms with Gasteiger partial charge in [-0.2, -0.15) is 0 Å². The zero-order valence-corrected chi connectivity index (χ0v) is 14.1. The molecule has 0 spiro atoms. The molecule has 0 aliphatic carbocycles. The van der Waals surface area contributed by atoms with Crippen molar-refractivity contribution < 1.29 is 39.4 Å². The van der Waals surface area contributed by atoms with Gasteiger partial charge in [0.1, 0.15) is 53.2 Å². The molecule has 1 aliphatic rings. The van der Waals surface area contributed by atoms with Gasteiger partial charge in [-0.1, -0.05) is 0 Å². The van der Waals surface area contributed by atoms with Crippen LogP contribution in [0.25, 0.3) is 11.0 Å². The van der Waals surface area contributed by atoms with Gasteiger partial charge < -0.3 is 39.4 Å². The van der Waals surface area contributed by atoms with Gasteiger partial charge in [0.05, 0.1) is 19.3 Å². The van der Waals surface area contributed by atoms with Crippen LogP contribution in [0.2, 0.25) is 0 Å². The second kappa shape index (κ2) is 6.86. The lowest BCUT2D eigenvalue weighted by atomic mass is 9.89. The summed E-state index contributed by atoms with van der Waals surface area (Å²) in [5.74, 6) is -0.0759. The van der Waals surface area contributed by atoms with Crippen molar-refractivity contribution in [3.05, 3.63) is 33.7 Å². The fourth-order valence-electron chi connectivity index (χ4n) is 3.21. The average molecular weight is 368 g/mol. The number of rotatable bonds is 3. The fourth-order valence-corrected chi connectivity index (χ4v) is 3.21. The molecule has 5 unspecified atom stereocenters. The molecule has 2 heterocycles. The van der Waals surface area contributed by atoms with E-state index in [2.05, 4.69) is 0 Å². The lowest BCUT2D eigenvalue weighted by Crippen LogP contribution is -2.55. The normalized spacial score (nSPS) is 29.1. The van der Waals surface area contributed by atoms with E-state index in [1.807, 2.05) is 0 Å². The summed E-state index contributed by atoms with van der Waals surface area (Å²) in [6.07, 6.45) is -7.18. The van der Waals surface area contributed by atoms with Crippen molar-refractivity contribution in [2.75, 3.05) is 13.7 Å². The van der Waals surface area contributed by atoms with E-state index in [1.54, 1.807) is 0 Å². The third kappa shape index (κ3) is 2.83. The van der Waals surface area contributed by atoms with Crippen LogP contribution in [0.5, 0.6) is 11.5 Å². The number of phenolic OH excluding ortho intramolecular Hbond substituents is 1. The number of aliphatic hydroxyl groups excluding tert-OH is 4. The average Bonchev–Trinajstić information content (AvgIpc) is 2.59. The Morgan fingerprint density at radius 2 is 1.85 bits per heavy atom. The van der Waals surface area contributed by atoms with Gasteiger partial charge >= 0.3 is 0 Å². The van der Waals surface area contributed by atoms with Gasteiger partial charge in [-0.3, -0.25) is 4.79 Å². The summed E-state index contributed by atoms with van der Waals surface area (Å²) in [7, 11) is 1.31. The van der Waals surface area contributed by atoms with Crippen LogP contribution in [0, 0.1) is 6.92 Å². The number of hydrogen-bond acceptors (Lipinski definition) is 9. The van der Waals surface area contributed by atoms with Gasteiger partial charge in [0.25, 0.3) is 0 Å². The molecule has 0 radical (unpaired) electrons. The van der Waals surface area contributed by atoms with Crippen molar-refractivity contribution in [1.82, 2.24) is 0 Å². The van der Waals surface area contributed by atoms with Gasteiger partial charge in [-0.15, -0.1) is 0 Å². The van der Waals surface area contributed by atoms with E-state index in [0.717, 1.165) is 0 Å². The molecule has 1 aliphatic heterocycles. The van der Waals surface area contributed by atoms with Crippen LogP contribution < -0.4 is 10.2 Å². The predicted octanol–water partition coefficient (Wildman–Crippen LogP) is -0.669. The Kier molecular flexibility index (Phi) is 4.91. The molecule has 3 rings (SSSR count). The number of aromatic hydroxyl groups is 1. The Labute approximate surface area is 147 Å². The van der Waals surface area contributed by atoms with Gasteiger partial charge in [0, 0.05) is 12.1 Å². The van der Waals surface area contributed by atoms with E-state index < -0.39 is 42.6 Å². The van der Waals surface area contributed by atoms with Crippen molar-refractivity contribution >= 4 is 11.0 Å². The third-order valence-corrected chi connectivity index (χ3v) is 4.50. The molecule has 1 aromatic carbocycles. The minimum absolute atomic E-state index is 0.0491. The summed E-state index contributed by atoms with van der Waals surface area (Å²) < 4.78 is 16.4. The number of methoxy groups -OCH3 is 1. The highest BCUT2D eigenvalue weighted by molar-refractivity contribution is 5.88. The van der Waals surface area contributed by atoms with Crippen LogP contribution in [0.15, 0.2) is 21.3 Å². The molecule has 1 saturated heterocycles. The Balaban J connectivity index is 2.29. The van der Waals surface area contributed by atoms with Crippen LogP contribution in [-0.4, -0.2) is 63.7 Å². The summed E-state index contributed by atoms with van der Waals surface area (Å²) >= 11 is 0. The van der Waals surface area contributed by atoms with Crippen molar-refractivity contribution in [2.45, 2.75) is 37.4 Å². The van der Waals surface area contributed by atoms with Crippen molar-refractivity contribution in [3.8, 4) is 11.5 Å². The number of ether oxygens (including phenoxy) is 2. The van der Waals surface area contributed by atoms with E-state index in [-0.39, 0.29) is 33.8 Å². The molecular formula is C17H20O9. The monoisotopic (exact) mass is 368 g/mol. The quantitative estimate of drug-likeness (QED) is 0.475. The summed E-state index contributed by atoms with van der Waals surface area (Å²) in [6.45, 7) is 0.928. The second-order valence-electron chi connectivity index (χ2n) is 6.19. The Morgan fingerprint density at radius 1 is 1.15 bits per heavy atom. The van der Waals surface area contributed by atoms with Crippen LogP contribution in [0.3, 0.4) is 0 Å². The minimum Gasteiger partial charge on any atom is -0.507 e. The van der Waals surface area contributed by atoms with Gasteiger partial charge in [-0.25, -0.2) is 0 Å². The number of fused-ring (bicyclic) bond motifs is 1. The maximum absolute atomic E-state index is 12.3. The number of benzene rings is 1. The highest BCUT2D eigenvalue weighted by atomic mass is 16.5. The summed E-state index contributed by atoms with van der Waals surface area (Å²) in [6, 6.07) is 2.37. The van der Waals surface area contributed by atoms with Gasteiger partial charge in [-0.05, 0) is 6.92 Å². The topological polar surface area (TPSA) is 150 Å². The van der Waals surface area contributed by atoms with Gasteiger partial charge in [0.15, 0.2) is 11.0 Å². The fraction of sp³-hybridized carbons (Fsp3) is 0.471. The zero-order valence-electron chi connectivity index (χ0n) is 14.1. The molecule has 26 heavy (non-hydrogen) atoms. The molecule has 0 amide bonds. The maximum Gasteiger partial charge on any atom is 0.196 e. The highest BCUT2D eigenvalue weighted by Crippen LogP contribution is 2.43. The summed E-state index contributed by atoms with van der Waals surface area (Å²) in [4.78, 5) is 12.3. The number of hydrogen-bond donors (Lipinski definition) is 5. The standard InChI is InChI=1S/C17H20O9/c1-6-3-7(19)11-8(20)4-9(24-2)12(16(11)25-6)17-15(23)14(22)13(21)10(5-18)26-17/h3-4,10,13-15,17-18,20-23H,5H2,1-2H3. The van der Waals surface area contributed by atoms with E-state index >= 15 is 0 Å². The van der Waals surface area contributed by atoms with Crippen molar-refractivity contribution in [3.63, 3.8) is 0 Å². The molecule has 9 nitrogen and oxygen atoms in total. The molecule has 5 N–H and O–H groups in total. The second-order valence-corrected chi connectivity index (χ2v) is 6.19. The van der Waals surface area contributed by atoms with E-state index in [0.29, 0.717) is 0 Å². The number of phenols is 1. The first-order valence-corrected chi connectivity index (χ1v) is 7.95. The largest absolute Gasteiger partial charge is 0.507 e. The molecule has 1 fully saturated rings. The van der Waals surface area contributed by atoms with E-state index in [1.165, 1.54) is 26.2 Å². The Morgan fingerprint density at radius 3 is 2.46 bits per heavy atom. The van der Waals surface area contributed by atoms with Crippen LogP contribution in [-0.2, 0) is 4.74 Å². The Bertz CT molecular complexity index is 873. The minimum atomic E-state index is -1.61. The van der Waals surface area contributed by atoms with E-state index in [9.17, 15) is 30.3 Å². The number of aryl methyl sites for hydroxylation is 1. The highest BCUT2D eigenvalue weighted by Gasteiger charge is 2.46. The van der Waals surface area contributed by atoms with Crippen LogP contribution in [0.4, 0.5) is 0 Å². The van der Waals surface area contributed by atoms with Crippen molar-refractivity contribution in [2.24, 2.45) is 0 Å². The van der Waals surface area contributed by atoms with Crippen molar-refractivity contribution in [1.29, 1.82) is 0 Å². The smallest absolute Gasteiger partial charge is 0.196 e. The lowest BCUT2D eigenvalue weighted by Gasteiger charge is -2.40. The molecule has 2 aromatic rings. The molecule has 0 saturated carbocycles. The molecule has 0 bridgehead atoms. The van der Waals surface area contributed by atoms with E-state index in [4.69, 9.17) is 13.9 Å². The molecular weight excluding hydrogens is 348 g/mol. The zero-order chi connectivity index (χ0) is 19.2.